The van der Waals surface area contributed by atoms with Crippen molar-refractivity contribution in [2.75, 3.05) is 4.90 Å². The first kappa shape index (κ1) is 25.1. The van der Waals surface area contributed by atoms with Gasteiger partial charge in [-0.05, 0) is 65.5 Å². The summed E-state index contributed by atoms with van der Waals surface area (Å²) in [4.78, 5) is 32.2. The standard InChI is InChI=1S/C28H20FN3O5S2/c29-20-11-7-18(8-12-20)17-31(39(35,36)26-6-3-15-38-26)23-16-25(33)32(28(23)34)21-13-9-19(10-14-21)27-30-22-4-1-2-5-24(22)37-27/h1-15,23H,16-17H2. The van der Waals surface area contributed by atoms with E-state index in [-0.39, 0.29) is 17.2 Å². The summed E-state index contributed by atoms with van der Waals surface area (Å²) in [6.45, 7) is -0.200. The maximum Gasteiger partial charge on any atom is 0.253 e. The number of hydrogen-bond acceptors (Lipinski definition) is 7. The Morgan fingerprint density at radius 3 is 2.41 bits per heavy atom. The lowest BCUT2D eigenvalue weighted by atomic mass is 10.2. The molecule has 0 radical (unpaired) electrons. The van der Waals surface area contributed by atoms with Gasteiger partial charge in [0, 0.05) is 12.1 Å². The first-order valence-corrected chi connectivity index (χ1v) is 14.3. The van der Waals surface area contributed by atoms with Crippen molar-refractivity contribution in [1.82, 2.24) is 9.29 Å². The second-order valence-corrected chi connectivity index (χ2v) is 12.0. The monoisotopic (exact) mass is 561 g/mol. The zero-order chi connectivity index (χ0) is 27.1. The molecule has 0 N–H and O–H groups in total. The third-order valence-electron chi connectivity index (χ3n) is 6.45. The maximum absolute atomic E-state index is 13.6. The van der Waals surface area contributed by atoms with E-state index in [1.165, 1.54) is 30.3 Å². The fourth-order valence-electron chi connectivity index (χ4n) is 4.52. The number of anilines is 1. The summed E-state index contributed by atoms with van der Waals surface area (Å²) in [7, 11) is -4.13. The number of carbonyl (C=O) groups is 2. The van der Waals surface area contributed by atoms with Crippen LogP contribution in [0.25, 0.3) is 22.6 Å². The average molecular weight is 562 g/mol. The Morgan fingerprint density at radius 1 is 0.974 bits per heavy atom. The van der Waals surface area contributed by atoms with Crippen LogP contribution in [0, 0.1) is 5.82 Å². The predicted molar refractivity (Wildman–Crippen MR) is 144 cm³/mol. The number of carbonyl (C=O) groups excluding carboxylic acids is 2. The number of sulfonamides is 1. The van der Waals surface area contributed by atoms with E-state index in [4.69, 9.17) is 4.42 Å². The quantitative estimate of drug-likeness (QED) is 0.253. The summed E-state index contributed by atoms with van der Waals surface area (Å²) in [5, 5.41) is 1.62. The largest absolute Gasteiger partial charge is 0.436 e. The maximum atomic E-state index is 13.6. The molecule has 11 heteroatoms. The highest BCUT2D eigenvalue weighted by atomic mass is 32.2. The van der Waals surface area contributed by atoms with Gasteiger partial charge in [0.2, 0.25) is 11.8 Å². The SMILES string of the molecule is O=C1CC(N(Cc2ccc(F)cc2)S(=O)(=O)c2cccs2)C(=O)N1c1ccc(-c2nc3ccccc3o2)cc1. The average Bonchev–Trinajstić information content (AvgIpc) is 3.68. The number of oxazole rings is 1. The Kier molecular flexibility index (Phi) is 6.34. The van der Waals surface area contributed by atoms with Crippen molar-refractivity contribution in [3.63, 3.8) is 0 Å². The second kappa shape index (κ2) is 9.84. The van der Waals surface area contributed by atoms with Crippen LogP contribution in [0.5, 0.6) is 0 Å². The number of amides is 2. The van der Waals surface area contributed by atoms with Crippen LogP contribution < -0.4 is 4.90 Å². The van der Waals surface area contributed by atoms with Crippen LogP contribution >= 0.6 is 11.3 Å². The Morgan fingerprint density at radius 2 is 1.72 bits per heavy atom. The van der Waals surface area contributed by atoms with Crippen molar-refractivity contribution < 1.29 is 26.8 Å². The minimum atomic E-state index is -4.13. The normalized spacial score (nSPS) is 16.1. The number of benzene rings is 3. The van der Waals surface area contributed by atoms with Gasteiger partial charge in [0.05, 0.1) is 12.1 Å². The Labute approximate surface area is 227 Å². The van der Waals surface area contributed by atoms with Crippen LogP contribution in [0.2, 0.25) is 0 Å². The lowest BCUT2D eigenvalue weighted by Gasteiger charge is -2.26. The third-order valence-corrected chi connectivity index (χ3v) is 9.67. The lowest BCUT2D eigenvalue weighted by molar-refractivity contribution is -0.122. The molecular formula is C28H20FN3O5S2. The number of hydrogen-bond donors (Lipinski definition) is 0. The highest BCUT2D eigenvalue weighted by molar-refractivity contribution is 7.91. The molecule has 3 heterocycles. The summed E-state index contributed by atoms with van der Waals surface area (Å²) in [5.74, 6) is -1.25. The molecule has 1 fully saturated rings. The molecule has 3 aromatic carbocycles. The molecule has 1 aliphatic rings. The van der Waals surface area contributed by atoms with Gasteiger partial charge < -0.3 is 4.42 Å². The number of imide groups is 1. The highest BCUT2D eigenvalue weighted by Crippen LogP contribution is 2.33. The molecule has 6 rings (SSSR count). The van der Waals surface area contributed by atoms with Gasteiger partial charge in [0.25, 0.3) is 15.9 Å². The number of halogens is 1. The van der Waals surface area contributed by atoms with E-state index in [9.17, 15) is 22.4 Å². The van der Waals surface area contributed by atoms with E-state index < -0.39 is 33.7 Å². The molecule has 196 valence electrons. The lowest BCUT2D eigenvalue weighted by Crippen LogP contribution is -2.44. The highest BCUT2D eigenvalue weighted by Gasteiger charge is 2.47. The smallest absolute Gasteiger partial charge is 0.253 e. The van der Waals surface area contributed by atoms with Gasteiger partial charge in [-0.3, -0.25) is 9.59 Å². The van der Waals surface area contributed by atoms with Crippen LogP contribution in [-0.4, -0.2) is 35.6 Å². The van der Waals surface area contributed by atoms with Crippen molar-refractivity contribution in [2.45, 2.75) is 23.2 Å². The first-order chi connectivity index (χ1) is 18.8. The van der Waals surface area contributed by atoms with Gasteiger partial charge in [-0.1, -0.05) is 30.3 Å². The molecule has 1 unspecified atom stereocenters. The van der Waals surface area contributed by atoms with E-state index in [1.54, 1.807) is 35.7 Å². The molecule has 39 heavy (non-hydrogen) atoms. The number of fused-ring (bicyclic) bond motifs is 1. The van der Waals surface area contributed by atoms with Crippen LogP contribution in [-0.2, 0) is 26.2 Å². The van der Waals surface area contributed by atoms with E-state index >= 15 is 0 Å². The van der Waals surface area contributed by atoms with Crippen molar-refractivity contribution in [2.24, 2.45) is 0 Å². The number of para-hydroxylation sites is 2. The number of aromatic nitrogens is 1. The van der Waals surface area contributed by atoms with E-state index in [0.717, 1.165) is 20.5 Å². The molecule has 0 aliphatic carbocycles. The predicted octanol–water partition coefficient (Wildman–Crippen LogP) is 5.22. The van der Waals surface area contributed by atoms with Crippen LogP contribution in [0.4, 0.5) is 10.1 Å². The van der Waals surface area contributed by atoms with Gasteiger partial charge in [-0.15, -0.1) is 11.3 Å². The number of thiophene rings is 1. The van der Waals surface area contributed by atoms with E-state index in [1.807, 2.05) is 24.3 Å². The summed E-state index contributed by atoms with van der Waals surface area (Å²) in [5.41, 5.74) is 2.79. The molecule has 2 aromatic heterocycles. The molecule has 1 aliphatic heterocycles. The fourth-order valence-corrected chi connectivity index (χ4v) is 7.21. The molecular weight excluding hydrogens is 541 g/mol. The van der Waals surface area contributed by atoms with Gasteiger partial charge >= 0.3 is 0 Å². The summed E-state index contributed by atoms with van der Waals surface area (Å²) >= 11 is 1.02. The Bertz CT molecular complexity index is 1750. The minimum absolute atomic E-state index is 0.0472. The molecule has 2 amide bonds. The minimum Gasteiger partial charge on any atom is -0.436 e. The molecule has 0 saturated carbocycles. The van der Waals surface area contributed by atoms with Gasteiger partial charge in [0.1, 0.15) is 21.6 Å². The van der Waals surface area contributed by atoms with Crippen molar-refractivity contribution >= 4 is 50.0 Å². The first-order valence-electron chi connectivity index (χ1n) is 11.9. The summed E-state index contributed by atoms with van der Waals surface area (Å²) < 4.78 is 47.5. The van der Waals surface area contributed by atoms with Crippen LogP contribution in [0.1, 0.15) is 12.0 Å². The fraction of sp³-hybridized carbons (Fsp3) is 0.107. The Hall–Kier alpha value is -4.19. The van der Waals surface area contributed by atoms with Crippen LogP contribution in [0.15, 0.2) is 98.9 Å². The van der Waals surface area contributed by atoms with Crippen molar-refractivity contribution in [3.8, 4) is 11.5 Å². The van der Waals surface area contributed by atoms with E-state index in [2.05, 4.69) is 4.98 Å². The molecule has 8 nitrogen and oxygen atoms in total. The third kappa shape index (κ3) is 4.65. The summed E-state index contributed by atoms with van der Waals surface area (Å²) in [6.07, 6.45) is -0.322. The number of rotatable bonds is 7. The van der Waals surface area contributed by atoms with Crippen molar-refractivity contribution in [1.29, 1.82) is 0 Å². The zero-order valence-electron chi connectivity index (χ0n) is 20.2. The number of nitrogens with zero attached hydrogens (tertiary/aromatic N) is 3. The molecule has 0 spiro atoms. The van der Waals surface area contributed by atoms with E-state index in [0.29, 0.717) is 33.8 Å². The summed E-state index contributed by atoms with van der Waals surface area (Å²) in [6, 6.07) is 21.1. The second-order valence-electron chi connectivity index (χ2n) is 8.93. The van der Waals surface area contributed by atoms with Gasteiger partial charge in [-0.25, -0.2) is 22.7 Å². The Balaban J connectivity index is 1.31. The molecule has 5 aromatic rings. The van der Waals surface area contributed by atoms with Crippen LogP contribution in [0.3, 0.4) is 0 Å². The topological polar surface area (TPSA) is 101 Å². The van der Waals surface area contributed by atoms with Gasteiger partial charge in [-0.2, -0.15) is 4.31 Å². The molecule has 0 bridgehead atoms. The van der Waals surface area contributed by atoms with Gasteiger partial charge in [0.15, 0.2) is 5.58 Å². The zero-order valence-corrected chi connectivity index (χ0v) is 21.9. The van der Waals surface area contributed by atoms with Crippen molar-refractivity contribution in [3.05, 3.63) is 102 Å². The molecule has 1 atom stereocenters. The molecule has 1 saturated heterocycles.